The fourth-order valence-corrected chi connectivity index (χ4v) is 1.99. The maximum atomic E-state index is 11.4. The van der Waals surface area contributed by atoms with Gasteiger partial charge in [-0.05, 0) is 28.2 Å². The Morgan fingerprint density at radius 1 is 1.39 bits per heavy atom. The summed E-state index contributed by atoms with van der Waals surface area (Å²) < 4.78 is 10.8. The minimum absolute atomic E-state index is 0.307. The fraction of sp³-hybridized carbons (Fsp3) is 0.167. The van der Waals surface area contributed by atoms with Crippen molar-refractivity contribution in [2.45, 2.75) is 6.61 Å². The van der Waals surface area contributed by atoms with Crippen LogP contribution in [0.5, 0.6) is 5.88 Å². The van der Waals surface area contributed by atoms with Gasteiger partial charge in [0.05, 0.1) is 7.11 Å². The summed E-state index contributed by atoms with van der Waals surface area (Å²) in [4.78, 5) is 11.4. The largest absolute Gasteiger partial charge is 0.471 e. The average Bonchev–Trinajstić information content (AvgIpc) is 2.78. The van der Waals surface area contributed by atoms with Gasteiger partial charge in [-0.2, -0.15) is 0 Å². The molecule has 0 radical (unpaired) electrons. The van der Waals surface area contributed by atoms with Crippen molar-refractivity contribution in [1.29, 1.82) is 0 Å². The van der Waals surface area contributed by atoms with Gasteiger partial charge in [-0.15, -0.1) is 5.10 Å². The zero-order valence-electron chi connectivity index (χ0n) is 9.64. The summed E-state index contributed by atoms with van der Waals surface area (Å²) in [6.07, 6.45) is 0. The number of hydrogen-bond donors (Lipinski definition) is 1. The molecule has 0 aliphatic rings. The smallest absolute Gasteiger partial charge is 0.357 e. The van der Waals surface area contributed by atoms with E-state index in [1.807, 2.05) is 52.9 Å². The molecular weight excluding hydrogens is 347 g/mol. The average molecular weight is 358 g/mol. The highest BCUT2D eigenvalue weighted by atomic mass is 127. The Labute approximate surface area is 118 Å². The quantitative estimate of drug-likeness (QED) is 0.673. The van der Waals surface area contributed by atoms with Gasteiger partial charge < -0.3 is 9.47 Å². The highest BCUT2D eigenvalue weighted by Gasteiger charge is 2.18. The third kappa shape index (κ3) is 2.81. The molecule has 0 aliphatic carbocycles. The molecule has 0 bridgehead atoms. The number of hydrogen-bond acceptors (Lipinski definition) is 4. The molecule has 0 saturated carbocycles. The monoisotopic (exact) mass is 358 g/mol. The molecule has 5 nitrogen and oxygen atoms in total. The molecule has 1 heterocycles. The van der Waals surface area contributed by atoms with Crippen molar-refractivity contribution in [1.82, 2.24) is 10.2 Å². The van der Waals surface area contributed by atoms with E-state index in [9.17, 15) is 4.79 Å². The third-order valence-electron chi connectivity index (χ3n) is 2.28. The first kappa shape index (κ1) is 12.9. The molecule has 6 heteroatoms. The van der Waals surface area contributed by atoms with Gasteiger partial charge in [-0.1, -0.05) is 30.3 Å². The number of methoxy groups -OCH3 is 1. The van der Waals surface area contributed by atoms with Crippen LogP contribution in [0, 0.1) is 3.57 Å². The standard InChI is InChI=1S/C12H11IN2O3/c1-17-12(16)10-9(13)11(15-14-10)18-7-8-5-3-2-4-6-8/h2-6H,7H2,1H3,(H,14,15). The summed E-state index contributed by atoms with van der Waals surface area (Å²) in [7, 11) is 1.32. The predicted molar refractivity (Wildman–Crippen MR) is 73.4 cm³/mol. The Morgan fingerprint density at radius 3 is 2.78 bits per heavy atom. The number of aromatic amines is 1. The Morgan fingerprint density at radius 2 is 2.11 bits per heavy atom. The number of carbonyl (C=O) groups is 1. The van der Waals surface area contributed by atoms with Gasteiger partial charge in [0.25, 0.3) is 0 Å². The maximum Gasteiger partial charge on any atom is 0.357 e. The number of rotatable bonds is 4. The Bertz CT molecular complexity index is 540. The highest BCUT2D eigenvalue weighted by molar-refractivity contribution is 14.1. The summed E-state index contributed by atoms with van der Waals surface area (Å²) in [5.41, 5.74) is 1.34. The molecule has 1 aromatic heterocycles. The molecule has 1 N–H and O–H groups in total. The topological polar surface area (TPSA) is 64.2 Å². The van der Waals surface area contributed by atoms with E-state index in [-0.39, 0.29) is 0 Å². The summed E-state index contributed by atoms with van der Waals surface area (Å²) in [6, 6.07) is 9.74. The van der Waals surface area contributed by atoms with E-state index in [0.29, 0.717) is 21.8 Å². The first-order chi connectivity index (χ1) is 8.72. The Balaban J connectivity index is 2.07. The van der Waals surface area contributed by atoms with E-state index >= 15 is 0 Å². The summed E-state index contributed by atoms with van der Waals surface area (Å²) in [6.45, 7) is 0.405. The van der Waals surface area contributed by atoms with Crippen LogP contribution in [-0.2, 0) is 11.3 Å². The van der Waals surface area contributed by atoms with Gasteiger partial charge in [-0.3, -0.25) is 5.10 Å². The van der Waals surface area contributed by atoms with Crippen molar-refractivity contribution in [2.75, 3.05) is 7.11 Å². The molecule has 0 unspecified atom stereocenters. The van der Waals surface area contributed by atoms with Gasteiger partial charge in [0.2, 0.25) is 5.88 Å². The minimum Gasteiger partial charge on any atom is -0.471 e. The summed E-state index contributed by atoms with van der Waals surface area (Å²) in [5.74, 6) is -0.0543. The number of esters is 1. The lowest BCUT2D eigenvalue weighted by molar-refractivity contribution is 0.0592. The van der Waals surface area contributed by atoms with Gasteiger partial charge in [0.1, 0.15) is 10.2 Å². The van der Waals surface area contributed by atoms with Crippen LogP contribution in [0.15, 0.2) is 30.3 Å². The first-order valence-corrected chi connectivity index (χ1v) is 6.29. The van der Waals surface area contributed by atoms with Gasteiger partial charge in [0, 0.05) is 0 Å². The molecular formula is C12H11IN2O3. The molecule has 0 aliphatic heterocycles. The van der Waals surface area contributed by atoms with E-state index in [4.69, 9.17) is 4.74 Å². The third-order valence-corrected chi connectivity index (χ3v) is 3.29. The molecule has 18 heavy (non-hydrogen) atoms. The molecule has 0 atom stereocenters. The van der Waals surface area contributed by atoms with Gasteiger partial charge in [0.15, 0.2) is 5.69 Å². The summed E-state index contributed by atoms with van der Waals surface area (Å²) in [5, 5.41) is 6.55. The number of ether oxygens (including phenoxy) is 2. The molecule has 0 spiro atoms. The summed E-state index contributed by atoms with van der Waals surface area (Å²) >= 11 is 2.00. The SMILES string of the molecule is COC(=O)c1[nH]nc(OCc2ccccc2)c1I. The normalized spacial score (nSPS) is 10.1. The number of benzene rings is 1. The maximum absolute atomic E-state index is 11.4. The lowest BCUT2D eigenvalue weighted by Crippen LogP contribution is -2.03. The number of halogens is 1. The van der Waals surface area contributed by atoms with Crippen LogP contribution in [-0.4, -0.2) is 23.3 Å². The van der Waals surface area contributed by atoms with Crippen LogP contribution in [0.1, 0.15) is 16.1 Å². The van der Waals surface area contributed by atoms with Crippen molar-refractivity contribution in [3.63, 3.8) is 0 Å². The Hall–Kier alpha value is -1.57. The fourth-order valence-electron chi connectivity index (χ4n) is 1.37. The number of nitrogens with one attached hydrogen (secondary N) is 1. The van der Waals surface area contributed by atoms with Crippen LogP contribution in [0.2, 0.25) is 0 Å². The van der Waals surface area contributed by atoms with E-state index < -0.39 is 5.97 Å². The highest BCUT2D eigenvalue weighted by Crippen LogP contribution is 2.22. The van der Waals surface area contributed by atoms with Crippen LogP contribution < -0.4 is 4.74 Å². The second-order valence-corrected chi connectivity index (χ2v) is 4.56. The van der Waals surface area contributed by atoms with Gasteiger partial charge in [-0.25, -0.2) is 4.79 Å². The van der Waals surface area contributed by atoms with Crippen molar-refractivity contribution in [3.8, 4) is 5.88 Å². The second kappa shape index (κ2) is 5.85. The number of H-pyrrole nitrogens is 1. The van der Waals surface area contributed by atoms with Crippen molar-refractivity contribution in [3.05, 3.63) is 45.2 Å². The van der Waals surface area contributed by atoms with E-state index in [1.165, 1.54) is 7.11 Å². The molecule has 1 aromatic carbocycles. The molecule has 2 aromatic rings. The Kier molecular flexibility index (Phi) is 4.19. The zero-order valence-corrected chi connectivity index (χ0v) is 11.8. The van der Waals surface area contributed by atoms with Crippen LogP contribution in [0.25, 0.3) is 0 Å². The van der Waals surface area contributed by atoms with Gasteiger partial charge >= 0.3 is 5.97 Å². The predicted octanol–water partition coefficient (Wildman–Crippen LogP) is 2.38. The van der Waals surface area contributed by atoms with E-state index in [1.54, 1.807) is 0 Å². The van der Waals surface area contributed by atoms with Crippen molar-refractivity contribution in [2.24, 2.45) is 0 Å². The number of carbonyl (C=O) groups excluding carboxylic acids is 1. The van der Waals surface area contributed by atoms with Crippen molar-refractivity contribution < 1.29 is 14.3 Å². The van der Waals surface area contributed by atoms with E-state index in [2.05, 4.69) is 14.9 Å². The van der Waals surface area contributed by atoms with Crippen molar-refractivity contribution >= 4 is 28.6 Å². The molecule has 0 fully saturated rings. The lowest BCUT2D eigenvalue weighted by Gasteiger charge is -2.03. The van der Waals surface area contributed by atoms with Crippen LogP contribution in [0.3, 0.4) is 0 Å². The second-order valence-electron chi connectivity index (χ2n) is 3.48. The molecule has 0 amide bonds. The lowest BCUT2D eigenvalue weighted by atomic mass is 10.2. The first-order valence-electron chi connectivity index (χ1n) is 5.21. The molecule has 2 rings (SSSR count). The minimum atomic E-state index is -0.457. The van der Waals surface area contributed by atoms with E-state index in [0.717, 1.165) is 5.56 Å². The molecule has 0 saturated heterocycles. The van der Waals surface area contributed by atoms with Crippen LogP contribution >= 0.6 is 22.6 Å². The number of nitrogens with zero attached hydrogens (tertiary/aromatic N) is 1. The zero-order chi connectivity index (χ0) is 13.0. The van der Waals surface area contributed by atoms with Crippen LogP contribution in [0.4, 0.5) is 0 Å². The number of aromatic nitrogens is 2. The molecule has 94 valence electrons.